The van der Waals surface area contributed by atoms with Crippen LogP contribution in [0.15, 0.2) is 23.0 Å². The Bertz CT molecular complexity index is 474. The van der Waals surface area contributed by atoms with E-state index in [-0.39, 0.29) is 17.9 Å². The Labute approximate surface area is 119 Å². The summed E-state index contributed by atoms with van der Waals surface area (Å²) in [7, 11) is 1.36. The molecule has 1 saturated carbocycles. The molecule has 1 heterocycles. The lowest BCUT2D eigenvalue weighted by Crippen LogP contribution is -2.37. The van der Waals surface area contributed by atoms with Crippen molar-refractivity contribution in [2.75, 3.05) is 13.7 Å². The quantitative estimate of drug-likeness (QED) is 0.796. The van der Waals surface area contributed by atoms with Gasteiger partial charge in [-0.15, -0.1) is 0 Å². The van der Waals surface area contributed by atoms with Crippen LogP contribution in [0.4, 0.5) is 0 Å². The number of carbonyl (C=O) groups excluding carboxylic acids is 2. The lowest BCUT2D eigenvalue weighted by molar-refractivity contribution is -0.140. The molecule has 1 aliphatic carbocycles. The highest BCUT2D eigenvalue weighted by molar-refractivity contribution is 5.97. The molecule has 0 aromatic rings. The van der Waals surface area contributed by atoms with Gasteiger partial charge in [-0.25, -0.2) is 9.59 Å². The topological polar surface area (TPSA) is 64.6 Å². The van der Waals surface area contributed by atoms with E-state index < -0.39 is 0 Å². The molecular weight excluding hydrogens is 258 g/mol. The highest BCUT2D eigenvalue weighted by atomic mass is 16.5. The molecule has 2 rings (SSSR count). The number of ether oxygens (including phenoxy) is 2. The minimum Gasteiger partial charge on any atom is -0.466 e. The van der Waals surface area contributed by atoms with Crippen LogP contribution >= 0.6 is 0 Å². The first kappa shape index (κ1) is 14.6. The highest BCUT2D eigenvalue weighted by Gasteiger charge is 2.41. The molecule has 1 atom stereocenters. The summed E-state index contributed by atoms with van der Waals surface area (Å²) in [6, 6.07) is 0. The molecule has 2 aliphatic rings. The Balaban J connectivity index is 2.34. The van der Waals surface area contributed by atoms with Crippen molar-refractivity contribution in [1.82, 2.24) is 5.32 Å². The smallest absolute Gasteiger partial charge is 0.336 e. The number of hydrogen-bond donors (Lipinski definition) is 1. The van der Waals surface area contributed by atoms with E-state index in [0.717, 1.165) is 25.0 Å². The fraction of sp³-hybridized carbons (Fsp3) is 0.600. The Morgan fingerprint density at radius 3 is 2.55 bits per heavy atom. The van der Waals surface area contributed by atoms with Gasteiger partial charge in [-0.05, 0) is 32.6 Å². The monoisotopic (exact) mass is 279 g/mol. The molecule has 0 radical (unpaired) electrons. The van der Waals surface area contributed by atoms with Gasteiger partial charge in [-0.1, -0.05) is 6.42 Å². The summed E-state index contributed by atoms with van der Waals surface area (Å²) in [5, 5.41) is 2.99. The standard InChI is InChI=1S/C15H21NO4/c1-4-20-14(17)11-8-16-9(2)12(15(18)19-3)13(11)10-6-5-7-10/h8,10,13,16H,4-7H2,1-3H3. The molecule has 1 fully saturated rings. The maximum absolute atomic E-state index is 12.1. The molecule has 110 valence electrons. The second-order valence-electron chi connectivity index (χ2n) is 5.16. The van der Waals surface area contributed by atoms with Crippen molar-refractivity contribution in [1.29, 1.82) is 0 Å². The van der Waals surface area contributed by atoms with Crippen LogP contribution in [0.3, 0.4) is 0 Å². The third-order valence-electron chi connectivity index (χ3n) is 4.03. The minimum absolute atomic E-state index is 0.212. The fourth-order valence-corrected chi connectivity index (χ4v) is 2.80. The number of methoxy groups -OCH3 is 1. The van der Waals surface area contributed by atoms with E-state index in [0.29, 0.717) is 23.7 Å². The van der Waals surface area contributed by atoms with E-state index in [1.54, 1.807) is 13.1 Å². The molecule has 0 spiro atoms. The first-order valence-corrected chi connectivity index (χ1v) is 7.03. The Morgan fingerprint density at radius 1 is 1.35 bits per heavy atom. The fourth-order valence-electron chi connectivity index (χ4n) is 2.80. The lowest BCUT2D eigenvalue weighted by Gasteiger charge is -2.37. The number of nitrogens with one attached hydrogen (secondary N) is 1. The van der Waals surface area contributed by atoms with E-state index in [9.17, 15) is 9.59 Å². The molecule has 5 nitrogen and oxygen atoms in total. The summed E-state index contributed by atoms with van der Waals surface area (Å²) in [6.45, 7) is 3.93. The van der Waals surface area contributed by atoms with Gasteiger partial charge in [-0.3, -0.25) is 0 Å². The van der Waals surface area contributed by atoms with E-state index in [4.69, 9.17) is 9.47 Å². The SMILES string of the molecule is CCOC(=O)C1=CNC(C)=C(C(=O)OC)C1C1CCC1. The molecule has 0 saturated heterocycles. The zero-order chi connectivity index (χ0) is 14.7. The second kappa shape index (κ2) is 6.11. The molecule has 0 amide bonds. The zero-order valence-corrected chi connectivity index (χ0v) is 12.2. The van der Waals surface area contributed by atoms with Gasteiger partial charge in [0.15, 0.2) is 0 Å². The van der Waals surface area contributed by atoms with Crippen molar-refractivity contribution < 1.29 is 19.1 Å². The van der Waals surface area contributed by atoms with E-state index in [2.05, 4.69) is 5.32 Å². The molecule has 5 heteroatoms. The van der Waals surface area contributed by atoms with Crippen molar-refractivity contribution >= 4 is 11.9 Å². The number of dihydropyridines is 1. The van der Waals surface area contributed by atoms with Gasteiger partial charge in [-0.2, -0.15) is 0 Å². The molecule has 20 heavy (non-hydrogen) atoms. The average Bonchev–Trinajstić information content (AvgIpc) is 2.36. The highest BCUT2D eigenvalue weighted by Crippen LogP contribution is 2.43. The summed E-state index contributed by atoms with van der Waals surface area (Å²) in [5.74, 6) is -0.624. The van der Waals surface area contributed by atoms with Crippen molar-refractivity contribution in [3.63, 3.8) is 0 Å². The second-order valence-corrected chi connectivity index (χ2v) is 5.16. The summed E-state index contributed by atoms with van der Waals surface area (Å²) in [4.78, 5) is 24.2. The van der Waals surface area contributed by atoms with Crippen LogP contribution in [0.1, 0.15) is 33.1 Å². The number of rotatable bonds is 4. The van der Waals surface area contributed by atoms with Gasteiger partial charge < -0.3 is 14.8 Å². The lowest BCUT2D eigenvalue weighted by atomic mass is 9.68. The van der Waals surface area contributed by atoms with Gasteiger partial charge in [0.1, 0.15) is 0 Å². The Hall–Kier alpha value is -1.78. The molecule has 1 unspecified atom stereocenters. The van der Waals surface area contributed by atoms with Crippen LogP contribution in [0.5, 0.6) is 0 Å². The molecule has 1 N–H and O–H groups in total. The minimum atomic E-state index is -0.373. The van der Waals surface area contributed by atoms with Gasteiger partial charge in [0.25, 0.3) is 0 Å². The van der Waals surface area contributed by atoms with Crippen molar-refractivity contribution in [3.8, 4) is 0 Å². The molecule has 0 bridgehead atoms. The predicted octanol–water partition coefficient (Wildman–Crippen LogP) is 1.90. The summed E-state index contributed by atoms with van der Waals surface area (Å²) >= 11 is 0. The van der Waals surface area contributed by atoms with Crippen LogP contribution in [0.2, 0.25) is 0 Å². The maximum atomic E-state index is 12.1. The number of esters is 2. The first-order chi connectivity index (χ1) is 9.60. The largest absolute Gasteiger partial charge is 0.466 e. The number of carbonyl (C=O) groups is 2. The number of allylic oxidation sites excluding steroid dienone is 1. The van der Waals surface area contributed by atoms with Crippen LogP contribution in [-0.2, 0) is 19.1 Å². The van der Waals surface area contributed by atoms with E-state index in [1.165, 1.54) is 7.11 Å². The molecule has 1 aliphatic heterocycles. The normalized spacial score (nSPS) is 22.6. The van der Waals surface area contributed by atoms with Crippen LogP contribution in [0, 0.1) is 11.8 Å². The Morgan fingerprint density at radius 2 is 2.05 bits per heavy atom. The van der Waals surface area contributed by atoms with Crippen molar-refractivity contribution in [2.24, 2.45) is 11.8 Å². The van der Waals surface area contributed by atoms with Crippen molar-refractivity contribution in [3.05, 3.63) is 23.0 Å². The predicted molar refractivity (Wildman–Crippen MR) is 73.4 cm³/mol. The van der Waals surface area contributed by atoms with Crippen LogP contribution < -0.4 is 5.32 Å². The molecule has 0 aromatic heterocycles. The molecular formula is C15H21NO4. The third-order valence-corrected chi connectivity index (χ3v) is 4.03. The van der Waals surface area contributed by atoms with E-state index >= 15 is 0 Å². The first-order valence-electron chi connectivity index (χ1n) is 7.03. The average molecular weight is 279 g/mol. The van der Waals surface area contributed by atoms with Crippen LogP contribution in [-0.4, -0.2) is 25.7 Å². The van der Waals surface area contributed by atoms with Crippen LogP contribution in [0.25, 0.3) is 0 Å². The van der Waals surface area contributed by atoms with Gasteiger partial charge in [0.05, 0.1) is 24.9 Å². The summed E-state index contributed by atoms with van der Waals surface area (Å²) in [6.07, 6.45) is 4.85. The third kappa shape index (κ3) is 2.57. The Kier molecular flexibility index (Phi) is 4.47. The number of hydrogen-bond acceptors (Lipinski definition) is 5. The van der Waals surface area contributed by atoms with Crippen molar-refractivity contribution in [2.45, 2.75) is 33.1 Å². The zero-order valence-electron chi connectivity index (χ0n) is 12.2. The summed E-state index contributed by atoms with van der Waals surface area (Å²) in [5.41, 5.74) is 1.84. The van der Waals surface area contributed by atoms with Gasteiger partial charge in [0.2, 0.25) is 0 Å². The van der Waals surface area contributed by atoms with Gasteiger partial charge in [0, 0.05) is 17.8 Å². The van der Waals surface area contributed by atoms with E-state index in [1.807, 2.05) is 6.92 Å². The summed E-state index contributed by atoms with van der Waals surface area (Å²) < 4.78 is 9.99. The maximum Gasteiger partial charge on any atom is 0.336 e. The van der Waals surface area contributed by atoms with Gasteiger partial charge >= 0.3 is 11.9 Å². The molecule has 0 aromatic carbocycles.